The van der Waals surface area contributed by atoms with Crippen LogP contribution in [-0.4, -0.2) is 25.3 Å². The number of aromatic carboxylic acids is 1. The lowest BCUT2D eigenvalue weighted by atomic mass is 9.95. The molecule has 0 amide bonds. The molecule has 0 fully saturated rings. The van der Waals surface area contributed by atoms with Crippen molar-refractivity contribution in [1.29, 1.82) is 0 Å². The first kappa shape index (κ1) is 24.1. The van der Waals surface area contributed by atoms with Crippen molar-refractivity contribution in [3.05, 3.63) is 91.9 Å². The number of rotatable bonds is 10. The number of hydrogen-bond donors (Lipinski definition) is 1. The van der Waals surface area contributed by atoms with Gasteiger partial charge in [-0.3, -0.25) is 0 Å². The molecule has 0 aliphatic rings. The van der Waals surface area contributed by atoms with E-state index in [9.17, 15) is 4.79 Å². The van der Waals surface area contributed by atoms with Crippen molar-refractivity contribution in [2.24, 2.45) is 0 Å². The van der Waals surface area contributed by atoms with E-state index in [1.165, 1.54) is 11.1 Å². The molecule has 0 spiro atoms. The average Bonchev–Trinajstić information content (AvgIpc) is 2.78. The molecular weight excluding hydrogens is 492 g/mol. The highest BCUT2D eigenvalue weighted by molar-refractivity contribution is 9.10. The number of methoxy groups -OCH3 is 2. The zero-order chi connectivity index (χ0) is 23.1. The Bertz CT molecular complexity index is 1060. The van der Waals surface area contributed by atoms with Crippen molar-refractivity contribution < 1.29 is 19.4 Å². The van der Waals surface area contributed by atoms with Crippen LogP contribution in [0.4, 0.5) is 0 Å². The maximum Gasteiger partial charge on any atom is 0.335 e. The van der Waals surface area contributed by atoms with Gasteiger partial charge in [-0.15, -0.1) is 0 Å². The molecule has 0 bridgehead atoms. The standard InChI is InChI=1S/C26H26BrClO4/c1-31-22-12-18(13-23(16-22)32-2)8-11-24-20(14-21(28)15-25(24)27)5-3-4-17-6-9-19(10-7-17)26(29)30/h6-7,9-10,12-16H,3-5,8,11H2,1-2H3,(H,29,30). The summed E-state index contributed by atoms with van der Waals surface area (Å²) in [6, 6.07) is 17.0. The van der Waals surface area contributed by atoms with E-state index in [1.54, 1.807) is 26.4 Å². The van der Waals surface area contributed by atoms with E-state index in [4.69, 9.17) is 26.2 Å². The Morgan fingerprint density at radius 1 is 0.875 bits per heavy atom. The fraction of sp³-hybridized carbons (Fsp3) is 0.269. The van der Waals surface area contributed by atoms with E-state index in [2.05, 4.69) is 15.9 Å². The van der Waals surface area contributed by atoms with Crippen LogP contribution in [-0.2, 0) is 25.7 Å². The van der Waals surface area contributed by atoms with E-state index in [1.807, 2.05) is 42.5 Å². The lowest BCUT2D eigenvalue weighted by Gasteiger charge is -2.14. The molecule has 0 aromatic heterocycles. The third-order valence-electron chi connectivity index (χ3n) is 5.44. The second kappa shape index (κ2) is 11.4. The van der Waals surface area contributed by atoms with Crippen LogP contribution >= 0.6 is 27.5 Å². The van der Waals surface area contributed by atoms with E-state index in [-0.39, 0.29) is 0 Å². The molecule has 32 heavy (non-hydrogen) atoms. The van der Waals surface area contributed by atoms with Gasteiger partial charge in [0.05, 0.1) is 19.8 Å². The molecule has 0 aliphatic carbocycles. The molecular formula is C26H26BrClO4. The van der Waals surface area contributed by atoms with Crippen LogP contribution in [0.3, 0.4) is 0 Å². The monoisotopic (exact) mass is 516 g/mol. The number of carbonyl (C=O) groups is 1. The molecule has 0 atom stereocenters. The molecule has 0 heterocycles. The first-order valence-corrected chi connectivity index (χ1v) is 11.6. The predicted molar refractivity (Wildman–Crippen MR) is 132 cm³/mol. The number of carboxylic acid groups (broad SMARTS) is 1. The number of hydrogen-bond acceptors (Lipinski definition) is 3. The molecule has 0 radical (unpaired) electrons. The summed E-state index contributed by atoms with van der Waals surface area (Å²) in [5.74, 6) is 0.658. The minimum absolute atomic E-state index is 0.309. The summed E-state index contributed by atoms with van der Waals surface area (Å²) < 4.78 is 11.8. The minimum atomic E-state index is -0.904. The minimum Gasteiger partial charge on any atom is -0.497 e. The first-order chi connectivity index (χ1) is 15.4. The number of ether oxygens (including phenoxy) is 2. The van der Waals surface area contributed by atoms with Crippen LogP contribution in [0.1, 0.15) is 39.0 Å². The second-order valence-electron chi connectivity index (χ2n) is 7.60. The first-order valence-electron chi connectivity index (χ1n) is 10.4. The number of carboxylic acids is 1. The Morgan fingerprint density at radius 2 is 1.53 bits per heavy atom. The molecule has 168 valence electrons. The van der Waals surface area contributed by atoms with Crippen LogP contribution in [0.15, 0.2) is 59.1 Å². The molecule has 0 aliphatic heterocycles. The topological polar surface area (TPSA) is 55.8 Å². The molecule has 1 N–H and O–H groups in total. The average molecular weight is 518 g/mol. The van der Waals surface area contributed by atoms with Crippen molar-refractivity contribution >= 4 is 33.5 Å². The Balaban J connectivity index is 1.70. The van der Waals surface area contributed by atoms with Gasteiger partial charge in [0.1, 0.15) is 11.5 Å². The zero-order valence-electron chi connectivity index (χ0n) is 18.2. The third-order valence-corrected chi connectivity index (χ3v) is 6.37. The van der Waals surface area contributed by atoms with Crippen LogP contribution in [0, 0.1) is 0 Å². The van der Waals surface area contributed by atoms with E-state index in [0.29, 0.717) is 10.6 Å². The molecule has 3 aromatic carbocycles. The molecule has 0 saturated heterocycles. The van der Waals surface area contributed by atoms with Crippen LogP contribution < -0.4 is 9.47 Å². The quantitative estimate of drug-likeness (QED) is 0.322. The highest BCUT2D eigenvalue weighted by atomic mass is 79.9. The summed E-state index contributed by atoms with van der Waals surface area (Å²) >= 11 is 10.0. The van der Waals surface area contributed by atoms with Crippen molar-refractivity contribution in [3.63, 3.8) is 0 Å². The maximum atomic E-state index is 11.0. The summed E-state index contributed by atoms with van der Waals surface area (Å²) in [6.45, 7) is 0. The van der Waals surface area contributed by atoms with Gasteiger partial charge in [0, 0.05) is 15.6 Å². The Labute approximate surface area is 202 Å². The van der Waals surface area contributed by atoms with E-state index in [0.717, 1.165) is 59.2 Å². The van der Waals surface area contributed by atoms with Gasteiger partial charge >= 0.3 is 5.97 Å². The van der Waals surface area contributed by atoms with Gasteiger partial charge in [-0.05, 0) is 90.8 Å². The maximum absolute atomic E-state index is 11.0. The lowest BCUT2D eigenvalue weighted by molar-refractivity contribution is 0.0697. The molecule has 4 nitrogen and oxygen atoms in total. The van der Waals surface area contributed by atoms with Gasteiger partial charge in [-0.2, -0.15) is 0 Å². The summed E-state index contributed by atoms with van der Waals surface area (Å²) in [4.78, 5) is 11.0. The van der Waals surface area contributed by atoms with E-state index >= 15 is 0 Å². The largest absolute Gasteiger partial charge is 0.497 e. The van der Waals surface area contributed by atoms with E-state index < -0.39 is 5.97 Å². The van der Waals surface area contributed by atoms with Crippen molar-refractivity contribution in [2.75, 3.05) is 14.2 Å². The molecule has 3 rings (SSSR count). The fourth-order valence-electron chi connectivity index (χ4n) is 3.74. The molecule has 0 saturated carbocycles. The van der Waals surface area contributed by atoms with Crippen LogP contribution in [0.5, 0.6) is 11.5 Å². The summed E-state index contributed by atoms with van der Waals surface area (Å²) in [5, 5.41) is 9.76. The highest BCUT2D eigenvalue weighted by Crippen LogP contribution is 2.30. The van der Waals surface area contributed by atoms with Gasteiger partial charge in [-0.1, -0.05) is 39.7 Å². The van der Waals surface area contributed by atoms with Crippen LogP contribution in [0.25, 0.3) is 0 Å². The number of benzene rings is 3. The lowest BCUT2D eigenvalue weighted by Crippen LogP contribution is -2.01. The highest BCUT2D eigenvalue weighted by Gasteiger charge is 2.11. The Morgan fingerprint density at radius 3 is 2.12 bits per heavy atom. The van der Waals surface area contributed by atoms with Gasteiger partial charge in [-0.25, -0.2) is 4.79 Å². The molecule has 0 unspecified atom stereocenters. The predicted octanol–water partition coefficient (Wildman–Crippen LogP) is 6.78. The van der Waals surface area contributed by atoms with Crippen molar-refractivity contribution in [3.8, 4) is 11.5 Å². The third kappa shape index (κ3) is 6.50. The number of halogens is 2. The summed E-state index contributed by atoms with van der Waals surface area (Å²) in [5.41, 5.74) is 5.05. The smallest absolute Gasteiger partial charge is 0.335 e. The van der Waals surface area contributed by atoms with Crippen LogP contribution in [0.2, 0.25) is 5.02 Å². The zero-order valence-corrected chi connectivity index (χ0v) is 20.5. The summed E-state index contributed by atoms with van der Waals surface area (Å²) in [7, 11) is 3.31. The van der Waals surface area contributed by atoms with Gasteiger partial charge in [0.25, 0.3) is 0 Å². The number of aryl methyl sites for hydroxylation is 3. The van der Waals surface area contributed by atoms with Crippen molar-refractivity contribution in [1.82, 2.24) is 0 Å². The van der Waals surface area contributed by atoms with Gasteiger partial charge < -0.3 is 14.6 Å². The van der Waals surface area contributed by atoms with Gasteiger partial charge in [0.2, 0.25) is 0 Å². The van der Waals surface area contributed by atoms with Gasteiger partial charge in [0.15, 0.2) is 0 Å². The second-order valence-corrected chi connectivity index (χ2v) is 8.89. The Hall–Kier alpha value is -2.50. The SMILES string of the molecule is COc1cc(CCc2c(Br)cc(Cl)cc2CCCc2ccc(C(=O)O)cc2)cc(OC)c1. The fourth-order valence-corrected chi connectivity index (χ4v) is 4.81. The Kier molecular flexibility index (Phi) is 8.60. The molecule has 6 heteroatoms. The molecule has 3 aromatic rings. The van der Waals surface area contributed by atoms with Crippen molar-refractivity contribution in [2.45, 2.75) is 32.1 Å². The normalized spacial score (nSPS) is 10.8. The summed E-state index contributed by atoms with van der Waals surface area (Å²) in [6.07, 6.45) is 4.40.